The van der Waals surface area contributed by atoms with Crippen LogP contribution in [0.2, 0.25) is 0 Å². The number of aryl methyl sites for hydroxylation is 1. The van der Waals surface area contributed by atoms with Gasteiger partial charge in [-0.3, -0.25) is 0 Å². The highest BCUT2D eigenvalue weighted by molar-refractivity contribution is 5.92. The predicted molar refractivity (Wildman–Crippen MR) is 113 cm³/mol. The Morgan fingerprint density at radius 1 is 1.00 bits per heavy atom. The van der Waals surface area contributed by atoms with E-state index < -0.39 is 0 Å². The highest BCUT2D eigenvalue weighted by Crippen LogP contribution is 2.37. The van der Waals surface area contributed by atoms with Crippen LogP contribution in [0.1, 0.15) is 22.9 Å². The van der Waals surface area contributed by atoms with Crippen LogP contribution in [0, 0.1) is 6.92 Å². The summed E-state index contributed by atoms with van der Waals surface area (Å²) < 4.78 is 13.0. The first-order valence-electron chi connectivity index (χ1n) is 9.62. The number of benzene rings is 2. The Bertz CT molecular complexity index is 1010. The van der Waals surface area contributed by atoms with Gasteiger partial charge in [0.15, 0.2) is 11.5 Å². The van der Waals surface area contributed by atoms with Gasteiger partial charge in [0, 0.05) is 25.0 Å². The van der Waals surface area contributed by atoms with Crippen LogP contribution in [0.15, 0.2) is 60.8 Å². The number of rotatable bonds is 4. The van der Waals surface area contributed by atoms with Gasteiger partial charge in [-0.05, 0) is 36.8 Å². The first-order valence-corrected chi connectivity index (χ1v) is 9.62. The molecule has 1 aliphatic heterocycles. The summed E-state index contributed by atoms with van der Waals surface area (Å²) in [6, 6.07) is 17.6. The van der Waals surface area contributed by atoms with Crippen LogP contribution in [-0.2, 0) is 6.54 Å². The number of hydrogen-bond donors (Lipinski definition) is 1. The Labute approximate surface area is 170 Å². The molecule has 1 N–H and O–H groups in total. The third kappa shape index (κ3) is 3.53. The van der Waals surface area contributed by atoms with Gasteiger partial charge in [-0.15, -0.1) is 0 Å². The minimum Gasteiger partial charge on any atom is -0.493 e. The molecular weight excluding hydrogens is 366 g/mol. The number of urea groups is 1. The zero-order valence-corrected chi connectivity index (χ0v) is 16.9. The molecule has 1 aromatic heterocycles. The second-order valence-corrected chi connectivity index (χ2v) is 7.10. The number of methoxy groups -OCH3 is 2. The minimum atomic E-state index is -0.172. The Kier molecular flexibility index (Phi) is 5.16. The Hall–Kier alpha value is -3.41. The molecule has 0 saturated heterocycles. The monoisotopic (exact) mass is 391 g/mol. The maximum Gasteiger partial charge on any atom is 0.322 e. The number of nitrogens with zero attached hydrogens (tertiary/aromatic N) is 2. The highest BCUT2D eigenvalue weighted by Gasteiger charge is 2.32. The van der Waals surface area contributed by atoms with Crippen molar-refractivity contribution in [2.75, 3.05) is 26.1 Å². The number of carbonyl (C=O) groups excluding carboxylic acids is 1. The number of anilines is 1. The van der Waals surface area contributed by atoms with Crippen LogP contribution in [0.25, 0.3) is 0 Å². The molecule has 0 unspecified atom stereocenters. The van der Waals surface area contributed by atoms with E-state index in [1.54, 1.807) is 20.3 Å². The molecule has 3 aromatic rings. The van der Waals surface area contributed by atoms with E-state index in [1.807, 2.05) is 23.1 Å². The molecule has 0 fully saturated rings. The molecule has 6 heteroatoms. The van der Waals surface area contributed by atoms with E-state index in [0.29, 0.717) is 23.7 Å². The molecule has 0 bridgehead atoms. The predicted octanol–water partition coefficient (Wildman–Crippen LogP) is 4.45. The van der Waals surface area contributed by atoms with Crippen molar-refractivity contribution in [2.45, 2.75) is 19.5 Å². The lowest BCUT2D eigenvalue weighted by molar-refractivity contribution is 0.181. The normalized spacial score (nSPS) is 15.6. The molecule has 29 heavy (non-hydrogen) atoms. The van der Waals surface area contributed by atoms with Crippen molar-refractivity contribution >= 4 is 11.7 Å². The molecule has 0 radical (unpaired) electrons. The van der Waals surface area contributed by atoms with E-state index in [-0.39, 0.29) is 12.1 Å². The fourth-order valence-corrected chi connectivity index (χ4v) is 3.87. The van der Waals surface area contributed by atoms with Crippen LogP contribution in [0.3, 0.4) is 0 Å². The van der Waals surface area contributed by atoms with Crippen molar-refractivity contribution < 1.29 is 14.3 Å². The summed E-state index contributed by atoms with van der Waals surface area (Å²) in [6.07, 6.45) is 2.07. The summed E-state index contributed by atoms with van der Waals surface area (Å²) in [6.45, 7) is 3.43. The molecule has 4 rings (SSSR count). The quantitative estimate of drug-likeness (QED) is 0.715. The molecule has 6 nitrogen and oxygen atoms in total. The van der Waals surface area contributed by atoms with E-state index >= 15 is 0 Å². The second-order valence-electron chi connectivity index (χ2n) is 7.10. The molecular formula is C23H25N3O3. The number of para-hydroxylation sites is 1. The highest BCUT2D eigenvalue weighted by atomic mass is 16.5. The fraction of sp³-hybridized carbons (Fsp3) is 0.261. The molecule has 2 aromatic carbocycles. The zero-order chi connectivity index (χ0) is 20.4. The van der Waals surface area contributed by atoms with Crippen LogP contribution in [0.5, 0.6) is 11.5 Å². The van der Waals surface area contributed by atoms with Gasteiger partial charge in [-0.1, -0.05) is 35.9 Å². The summed E-state index contributed by atoms with van der Waals surface area (Å²) in [7, 11) is 3.14. The van der Waals surface area contributed by atoms with E-state index in [9.17, 15) is 4.79 Å². The number of hydrogen-bond acceptors (Lipinski definition) is 3. The van der Waals surface area contributed by atoms with Crippen molar-refractivity contribution in [1.29, 1.82) is 0 Å². The molecule has 2 heterocycles. The third-order valence-corrected chi connectivity index (χ3v) is 5.34. The van der Waals surface area contributed by atoms with Gasteiger partial charge in [-0.2, -0.15) is 0 Å². The van der Waals surface area contributed by atoms with Gasteiger partial charge in [-0.25, -0.2) is 4.79 Å². The summed E-state index contributed by atoms with van der Waals surface area (Å²) in [5.74, 6) is 1.09. The Morgan fingerprint density at radius 3 is 2.52 bits per heavy atom. The number of amides is 2. The van der Waals surface area contributed by atoms with E-state index in [2.05, 4.69) is 53.3 Å². The Morgan fingerprint density at radius 2 is 1.79 bits per heavy atom. The molecule has 1 atom stereocenters. The Balaban J connectivity index is 1.68. The van der Waals surface area contributed by atoms with Crippen LogP contribution >= 0.6 is 0 Å². The van der Waals surface area contributed by atoms with E-state index in [4.69, 9.17) is 9.47 Å². The summed E-state index contributed by atoms with van der Waals surface area (Å²) in [5.41, 5.74) is 3.97. The standard InChI is InChI=1S/C23H25N3O3/c1-16-9-11-17(12-10-16)21-19-7-5-13-25(19)14-15-26(21)23(27)24-18-6-4-8-20(28-2)22(18)29-3/h4-13,21H,14-15H2,1-3H3,(H,24,27)/t21-/m1/s1. The van der Waals surface area contributed by atoms with E-state index in [0.717, 1.165) is 17.8 Å². The van der Waals surface area contributed by atoms with Gasteiger partial charge in [0.1, 0.15) is 0 Å². The molecule has 2 amide bonds. The molecule has 0 aliphatic carbocycles. The number of carbonyl (C=O) groups is 1. The van der Waals surface area contributed by atoms with Crippen LogP contribution in [-0.4, -0.2) is 36.3 Å². The van der Waals surface area contributed by atoms with E-state index in [1.165, 1.54) is 5.56 Å². The lowest BCUT2D eigenvalue weighted by Crippen LogP contribution is -2.44. The summed E-state index contributed by atoms with van der Waals surface area (Å²) in [5, 5.41) is 3.01. The topological polar surface area (TPSA) is 55.7 Å². The molecule has 150 valence electrons. The maximum absolute atomic E-state index is 13.3. The van der Waals surface area contributed by atoms with Gasteiger partial charge in [0.2, 0.25) is 0 Å². The molecule has 1 aliphatic rings. The van der Waals surface area contributed by atoms with Gasteiger partial charge in [0.25, 0.3) is 0 Å². The lowest BCUT2D eigenvalue weighted by atomic mass is 9.99. The first kappa shape index (κ1) is 18.9. The molecule has 0 saturated carbocycles. The van der Waals surface area contributed by atoms with Crippen molar-refractivity contribution in [2.24, 2.45) is 0 Å². The van der Waals surface area contributed by atoms with Crippen molar-refractivity contribution in [3.05, 3.63) is 77.6 Å². The van der Waals surface area contributed by atoms with Crippen LogP contribution < -0.4 is 14.8 Å². The van der Waals surface area contributed by atoms with Gasteiger partial charge < -0.3 is 24.3 Å². The smallest absolute Gasteiger partial charge is 0.322 e. The average molecular weight is 391 g/mol. The summed E-state index contributed by atoms with van der Waals surface area (Å²) >= 11 is 0. The number of ether oxygens (including phenoxy) is 2. The SMILES string of the molecule is COc1cccc(NC(=O)N2CCn3cccc3[C@H]2c2ccc(C)cc2)c1OC. The minimum absolute atomic E-state index is 0.157. The van der Waals surface area contributed by atoms with Gasteiger partial charge >= 0.3 is 6.03 Å². The number of aromatic nitrogens is 1. The maximum atomic E-state index is 13.3. The zero-order valence-electron chi connectivity index (χ0n) is 16.9. The number of nitrogens with one attached hydrogen (secondary N) is 1. The fourth-order valence-electron chi connectivity index (χ4n) is 3.87. The van der Waals surface area contributed by atoms with Crippen molar-refractivity contribution in [3.63, 3.8) is 0 Å². The van der Waals surface area contributed by atoms with Crippen molar-refractivity contribution in [1.82, 2.24) is 9.47 Å². The largest absolute Gasteiger partial charge is 0.493 e. The van der Waals surface area contributed by atoms with Gasteiger partial charge in [0.05, 0.1) is 25.9 Å². The second kappa shape index (κ2) is 7.91. The average Bonchev–Trinajstić information content (AvgIpc) is 3.22. The van der Waals surface area contributed by atoms with Crippen LogP contribution in [0.4, 0.5) is 10.5 Å². The first-order chi connectivity index (χ1) is 14.1. The number of fused-ring (bicyclic) bond motifs is 1. The third-order valence-electron chi connectivity index (χ3n) is 5.34. The lowest BCUT2D eigenvalue weighted by Gasteiger charge is -2.37. The summed E-state index contributed by atoms with van der Waals surface area (Å²) in [4.78, 5) is 15.2. The van der Waals surface area contributed by atoms with Crippen molar-refractivity contribution in [3.8, 4) is 11.5 Å². The molecule has 0 spiro atoms.